The molecule has 1 fully saturated rings. The summed E-state index contributed by atoms with van der Waals surface area (Å²) in [5.74, 6) is 2.83. The van der Waals surface area contributed by atoms with Gasteiger partial charge in [-0.1, -0.05) is 70.6 Å². The molecule has 134 valence electrons. The Morgan fingerprint density at radius 1 is 0.792 bits per heavy atom. The fourth-order valence-corrected chi connectivity index (χ4v) is 5.23. The number of hydrogen-bond donors (Lipinski definition) is 0. The van der Waals surface area contributed by atoms with Gasteiger partial charge in [-0.2, -0.15) is 0 Å². The summed E-state index contributed by atoms with van der Waals surface area (Å²) in [6, 6.07) is 7.56. The number of unbranched alkanes of at least 4 members (excludes halogenated alkanes) is 2. The van der Waals surface area contributed by atoms with Crippen LogP contribution < -0.4 is 0 Å². The van der Waals surface area contributed by atoms with E-state index in [1.807, 2.05) is 0 Å². The second kappa shape index (κ2) is 9.07. The first-order valence-corrected chi connectivity index (χ1v) is 10.9. The van der Waals surface area contributed by atoms with Crippen LogP contribution in [0.2, 0.25) is 0 Å². The minimum atomic E-state index is 0.853. The van der Waals surface area contributed by atoms with Crippen LogP contribution in [0.1, 0.15) is 107 Å². The molecule has 0 aromatic heterocycles. The summed E-state index contributed by atoms with van der Waals surface area (Å²) >= 11 is 0. The lowest BCUT2D eigenvalue weighted by atomic mass is 9.75. The Labute approximate surface area is 150 Å². The third-order valence-corrected chi connectivity index (χ3v) is 6.79. The Kier molecular flexibility index (Phi) is 6.81. The van der Waals surface area contributed by atoms with Gasteiger partial charge >= 0.3 is 0 Å². The summed E-state index contributed by atoms with van der Waals surface area (Å²) in [5, 5.41) is 0. The highest BCUT2D eigenvalue weighted by molar-refractivity contribution is 5.36. The van der Waals surface area contributed by atoms with Gasteiger partial charge in [-0.25, -0.2) is 0 Å². The Bertz CT molecular complexity index is 493. The maximum absolute atomic E-state index is 2.60. The van der Waals surface area contributed by atoms with Crippen molar-refractivity contribution >= 4 is 0 Å². The van der Waals surface area contributed by atoms with E-state index < -0.39 is 0 Å². The van der Waals surface area contributed by atoms with Crippen LogP contribution in [-0.4, -0.2) is 0 Å². The van der Waals surface area contributed by atoms with Gasteiger partial charge < -0.3 is 0 Å². The molecule has 0 nitrogen and oxygen atoms in total. The van der Waals surface area contributed by atoms with E-state index in [4.69, 9.17) is 0 Å². The summed E-state index contributed by atoms with van der Waals surface area (Å²) in [5.41, 5.74) is 5.01. The van der Waals surface area contributed by atoms with E-state index in [9.17, 15) is 0 Å². The average Bonchev–Trinajstić information content (AvgIpc) is 2.62. The van der Waals surface area contributed by atoms with Crippen molar-refractivity contribution in [2.45, 2.75) is 103 Å². The molecule has 1 saturated carbocycles. The fraction of sp³-hybridized carbons (Fsp3) is 0.750. The first kappa shape index (κ1) is 18.0. The second-order valence-electron chi connectivity index (χ2n) is 8.64. The first-order chi connectivity index (χ1) is 11.8. The summed E-state index contributed by atoms with van der Waals surface area (Å²) < 4.78 is 0. The molecule has 2 aliphatic rings. The van der Waals surface area contributed by atoms with E-state index in [0.717, 1.165) is 17.8 Å². The molecule has 0 heteroatoms. The molecule has 3 rings (SSSR count). The molecular formula is C24H38. The molecule has 1 atom stereocenters. The highest BCUT2D eigenvalue weighted by Gasteiger charge is 2.24. The molecular weight excluding hydrogens is 288 g/mol. The molecule has 0 radical (unpaired) electrons. The van der Waals surface area contributed by atoms with Gasteiger partial charge in [0.05, 0.1) is 0 Å². The molecule has 1 aromatic carbocycles. The summed E-state index contributed by atoms with van der Waals surface area (Å²) in [4.78, 5) is 0. The van der Waals surface area contributed by atoms with Crippen LogP contribution in [0, 0.1) is 11.8 Å². The molecule has 0 N–H and O–H groups in total. The van der Waals surface area contributed by atoms with E-state index in [-0.39, 0.29) is 0 Å². The van der Waals surface area contributed by atoms with Gasteiger partial charge in [0, 0.05) is 0 Å². The smallest absolute Gasteiger partial charge is 0.0162 e. The van der Waals surface area contributed by atoms with Gasteiger partial charge in [0.15, 0.2) is 0 Å². The van der Waals surface area contributed by atoms with Crippen molar-refractivity contribution in [3.05, 3.63) is 34.9 Å². The largest absolute Gasteiger partial charge is 0.0654 e. The predicted molar refractivity (Wildman–Crippen MR) is 106 cm³/mol. The maximum Gasteiger partial charge on any atom is -0.0162 e. The number of rotatable bonds is 7. The third kappa shape index (κ3) is 4.64. The van der Waals surface area contributed by atoms with Crippen LogP contribution in [0.25, 0.3) is 0 Å². The van der Waals surface area contributed by atoms with Crippen LogP contribution in [-0.2, 0) is 12.8 Å². The van der Waals surface area contributed by atoms with Crippen molar-refractivity contribution < 1.29 is 0 Å². The van der Waals surface area contributed by atoms with E-state index in [1.165, 1.54) is 83.5 Å². The highest BCUT2D eigenvalue weighted by atomic mass is 14.3. The Balaban J connectivity index is 1.53. The lowest BCUT2D eigenvalue weighted by molar-refractivity contribution is 0.302. The fourth-order valence-electron chi connectivity index (χ4n) is 5.23. The lowest BCUT2D eigenvalue weighted by Gasteiger charge is -2.30. The van der Waals surface area contributed by atoms with Gasteiger partial charge in [0.2, 0.25) is 0 Å². The second-order valence-corrected chi connectivity index (χ2v) is 8.64. The van der Waals surface area contributed by atoms with E-state index in [1.54, 1.807) is 16.7 Å². The maximum atomic E-state index is 2.60. The van der Waals surface area contributed by atoms with Crippen LogP contribution in [0.3, 0.4) is 0 Å². The van der Waals surface area contributed by atoms with E-state index >= 15 is 0 Å². The van der Waals surface area contributed by atoms with Gasteiger partial charge in [0.1, 0.15) is 0 Å². The lowest BCUT2D eigenvalue weighted by Crippen LogP contribution is -2.16. The Morgan fingerprint density at radius 3 is 2.38 bits per heavy atom. The van der Waals surface area contributed by atoms with Crippen molar-refractivity contribution in [1.82, 2.24) is 0 Å². The molecule has 1 unspecified atom stereocenters. The minimum absolute atomic E-state index is 0.853. The van der Waals surface area contributed by atoms with Gasteiger partial charge in [-0.15, -0.1) is 0 Å². The monoisotopic (exact) mass is 326 g/mol. The molecule has 0 amide bonds. The number of hydrogen-bond acceptors (Lipinski definition) is 0. The zero-order valence-electron chi connectivity index (χ0n) is 16.2. The van der Waals surface area contributed by atoms with Crippen LogP contribution in [0.4, 0.5) is 0 Å². The van der Waals surface area contributed by atoms with Gasteiger partial charge in [-0.3, -0.25) is 0 Å². The highest BCUT2D eigenvalue weighted by Crippen LogP contribution is 2.39. The standard InChI is InChI=1S/C24H38/c1-3-5-6-8-19-9-12-21(13-10-19)23-16-15-22-17-20(7-4-2)11-14-24(22)18-23/h15-16,18-21H,3-14,17H2,1-2H3. The molecule has 1 aromatic rings. The zero-order valence-corrected chi connectivity index (χ0v) is 16.2. The minimum Gasteiger partial charge on any atom is -0.0654 e. The summed E-state index contributed by atoms with van der Waals surface area (Å²) in [6.07, 6.45) is 18.4. The summed E-state index contributed by atoms with van der Waals surface area (Å²) in [7, 11) is 0. The van der Waals surface area contributed by atoms with Crippen molar-refractivity contribution in [3.63, 3.8) is 0 Å². The van der Waals surface area contributed by atoms with Gasteiger partial charge in [-0.05, 0) is 79.4 Å². The van der Waals surface area contributed by atoms with Crippen molar-refractivity contribution in [1.29, 1.82) is 0 Å². The molecule has 0 aliphatic heterocycles. The predicted octanol–water partition coefficient (Wildman–Crippen LogP) is 7.45. The van der Waals surface area contributed by atoms with Crippen LogP contribution >= 0.6 is 0 Å². The average molecular weight is 327 g/mol. The summed E-state index contributed by atoms with van der Waals surface area (Å²) in [6.45, 7) is 4.65. The number of benzene rings is 1. The van der Waals surface area contributed by atoms with E-state index in [0.29, 0.717) is 0 Å². The Hall–Kier alpha value is -0.780. The van der Waals surface area contributed by atoms with Crippen LogP contribution in [0.5, 0.6) is 0 Å². The van der Waals surface area contributed by atoms with E-state index in [2.05, 4.69) is 32.0 Å². The molecule has 0 heterocycles. The van der Waals surface area contributed by atoms with Crippen molar-refractivity contribution in [3.8, 4) is 0 Å². The SMILES string of the molecule is CCCCCC1CCC(c2ccc3c(c2)CCC(CCC)C3)CC1. The number of fused-ring (bicyclic) bond motifs is 1. The first-order valence-electron chi connectivity index (χ1n) is 10.9. The molecule has 0 spiro atoms. The topological polar surface area (TPSA) is 0 Å². The molecule has 24 heavy (non-hydrogen) atoms. The number of aryl methyl sites for hydroxylation is 1. The molecule has 0 bridgehead atoms. The van der Waals surface area contributed by atoms with Crippen LogP contribution in [0.15, 0.2) is 18.2 Å². The third-order valence-electron chi connectivity index (χ3n) is 6.79. The molecule has 2 aliphatic carbocycles. The van der Waals surface area contributed by atoms with Gasteiger partial charge in [0.25, 0.3) is 0 Å². The van der Waals surface area contributed by atoms with Crippen molar-refractivity contribution in [2.75, 3.05) is 0 Å². The molecule has 0 saturated heterocycles. The Morgan fingerprint density at radius 2 is 1.62 bits per heavy atom. The zero-order chi connectivity index (χ0) is 16.8. The normalized spacial score (nSPS) is 27.0. The van der Waals surface area contributed by atoms with Crippen molar-refractivity contribution in [2.24, 2.45) is 11.8 Å². The quantitative estimate of drug-likeness (QED) is 0.456.